The van der Waals surface area contributed by atoms with E-state index in [1.165, 1.54) is 10.8 Å². The number of nitrogens with one attached hydrogen (secondary N) is 1. The van der Waals surface area contributed by atoms with Crippen molar-refractivity contribution in [3.05, 3.63) is 141 Å². The van der Waals surface area contributed by atoms with Crippen LogP contribution in [-0.4, -0.2) is 47.2 Å². The summed E-state index contributed by atoms with van der Waals surface area (Å²) in [6.07, 6.45) is 1.72. The van der Waals surface area contributed by atoms with E-state index < -0.39 is 34.8 Å². The minimum Gasteiger partial charge on any atom is -0.497 e. The Labute approximate surface area is 250 Å². The molecular weight excluding hydrogens is 548 g/mol. The monoisotopic (exact) mass is 584 g/mol. The van der Waals surface area contributed by atoms with Gasteiger partial charge >= 0.3 is 5.69 Å². The molecule has 2 N–H and O–H groups in total. The van der Waals surface area contributed by atoms with Gasteiger partial charge in [-0.05, 0) is 54.3 Å². The third-order valence-corrected chi connectivity index (χ3v) is 8.03. The first-order valence-electron chi connectivity index (χ1n) is 14.0. The van der Waals surface area contributed by atoms with Gasteiger partial charge in [0.1, 0.15) is 35.0 Å². The summed E-state index contributed by atoms with van der Waals surface area (Å²) in [4.78, 5) is 27.0. The number of hydrogen-bond donors (Lipinski definition) is 2. The van der Waals surface area contributed by atoms with Crippen molar-refractivity contribution >= 4 is 0 Å². The van der Waals surface area contributed by atoms with Crippen LogP contribution in [0.5, 0.6) is 11.5 Å². The Bertz CT molecular complexity index is 1610. The van der Waals surface area contributed by atoms with E-state index in [2.05, 4.69) is 11.6 Å². The number of ether oxygens (including phenoxy) is 4. The lowest BCUT2D eigenvalue weighted by molar-refractivity contribution is -0.120. The van der Waals surface area contributed by atoms with Gasteiger partial charge in [0.25, 0.3) is 5.56 Å². The second-order valence-electron chi connectivity index (χ2n) is 10.7. The fraction of sp³-hybridized carbons (Fsp3) is 0.294. The summed E-state index contributed by atoms with van der Waals surface area (Å²) in [6.45, 7) is 5.41. The summed E-state index contributed by atoms with van der Waals surface area (Å²) in [6, 6.07) is 25.1. The molecule has 1 aliphatic heterocycles. The fourth-order valence-electron chi connectivity index (χ4n) is 5.70. The number of aryl methyl sites for hydroxylation is 1. The van der Waals surface area contributed by atoms with Crippen molar-refractivity contribution in [2.45, 2.75) is 43.3 Å². The number of rotatable bonds is 11. The first kappa shape index (κ1) is 30.0. The molecule has 0 radical (unpaired) electrons. The molecule has 1 saturated heterocycles. The van der Waals surface area contributed by atoms with Gasteiger partial charge in [-0.2, -0.15) is 0 Å². The molecular formula is C34H36N2O7. The summed E-state index contributed by atoms with van der Waals surface area (Å²) in [5.74, 6) is 1.40. The minimum absolute atomic E-state index is 0.0368. The number of H-pyrrole nitrogens is 1. The minimum atomic E-state index is -1.39. The standard InChI is InChI=1S/C34H36N2O7/c1-5-19-33(39)20-30(36-21-23(2)31(37)35-32(36)38)43-29(33)22-42-34(24-9-7-6-8-10-24,25-11-15-27(40-3)16-12-25)26-13-17-28(41-4)18-14-26/h5-18,21,29-30,39H,1,19-20,22H2,2-4H3,(H,35,37,38)/t29-,30-,33+/m1/s1. The highest BCUT2D eigenvalue weighted by Gasteiger charge is 2.49. The lowest BCUT2D eigenvalue weighted by Gasteiger charge is -2.38. The number of aliphatic hydroxyl groups is 1. The maximum atomic E-state index is 12.7. The number of aromatic nitrogens is 2. The third-order valence-electron chi connectivity index (χ3n) is 8.03. The average Bonchev–Trinajstić information content (AvgIpc) is 3.35. The van der Waals surface area contributed by atoms with Crippen molar-refractivity contribution in [3.8, 4) is 11.5 Å². The molecule has 0 amide bonds. The van der Waals surface area contributed by atoms with Crippen molar-refractivity contribution < 1.29 is 24.1 Å². The number of nitrogens with zero attached hydrogens (tertiary/aromatic N) is 1. The molecule has 4 aromatic rings. The van der Waals surface area contributed by atoms with Crippen molar-refractivity contribution in [2.24, 2.45) is 0 Å². The zero-order chi connectivity index (χ0) is 30.6. The van der Waals surface area contributed by atoms with E-state index in [9.17, 15) is 14.7 Å². The molecule has 9 nitrogen and oxygen atoms in total. The Morgan fingerprint density at radius 3 is 2.07 bits per heavy atom. The first-order chi connectivity index (χ1) is 20.7. The Morgan fingerprint density at radius 1 is 0.977 bits per heavy atom. The molecule has 43 heavy (non-hydrogen) atoms. The quantitative estimate of drug-likeness (QED) is 0.198. The maximum Gasteiger partial charge on any atom is 0.330 e. The summed E-state index contributed by atoms with van der Waals surface area (Å²) >= 11 is 0. The molecule has 1 aromatic heterocycles. The van der Waals surface area contributed by atoms with Gasteiger partial charge < -0.3 is 24.1 Å². The van der Waals surface area contributed by atoms with Gasteiger partial charge in [0.15, 0.2) is 0 Å². The third kappa shape index (κ3) is 5.79. The van der Waals surface area contributed by atoms with Crippen molar-refractivity contribution in [1.82, 2.24) is 9.55 Å². The van der Waals surface area contributed by atoms with E-state index in [0.29, 0.717) is 17.1 Å². The summed E-state index contributed by atoms with van der Waals surface area (Å²) in [5.41, 5.74) is -0.708. The molecule has 224 valence electrons. The van der Waals surface area contributed by atoms with Crippen LogP contribution in [0.3, 0.4) is 0 Å². The Balaban J connectivity index is 1.60. The molecule has 0 saturated carbocycles. The SMILES string of the molecule is C=CC[C@]1(O)C[C@H](n2cc(C)c(=O)[nH]c2=O)O[C@@H]1COC(c1ccccc1)(c1ccc(OC)cc1)c1ccc(OC)cc1. The average molecular weight is 585 g/mol. The summed E-state index contributed by atoms with van der Waals surface area (Å²) in [7, 11) is 3.23. The van der Waals surface area contributed by atoms with E-state index in [0.717, 1.165) is 16.7 Å². The van der Waals surface area contributed by atoms with E-state index in [1.807, 2.05) is 78.9 Å². The largest absolute Gasteiger partial charge is 0.497 e. The Hall–Kier alpha value is -4.44. The van der Waals surface area contributed by atoms with Crippen LogP contribution in [0, 0.1) is 6.92 Å². The van der Waals surface area contributed by atoms with Crippen LogP contribution in [-0.2, 0) is 15.1 Å². The first-order valence-corrected chi connectivity index (χ1v) is 14.0. The molecule has 1 fully saturated rings. The second kappa shape index (κ2) is 12.4. The van der Waals surface area contributed by atoms with Gasteiger partial charge in [0.05, 0.1) is 20.8 Å². The molecule has 3 atom stereocenters. The topological polar surface area (TPSA) is 112 Å². The predicted molar refractivity (Wildman–Crippen MR) is 163 cm³/mol. The number of aromatic amines is 1. The van der Waals surface area contributed by atoms with Crippen LogP contribution in [0.2, 0.25) is 0 Å². The number of benzene rings is 3. The van der Waals surface area contributed by atoms with Gasteiger partial charge in [-0.1, -0.05) is 60.7 Å². The molecule has 0 aliphatic carbocycles. The van der Waals surface area contributed by atoms with Crippen LogP contribution < -0.4 is 20.7 Å². The van der Waals surface area contributed by atoms with Crippen molar-refractivity contribution in [3.63, 3.8) is 0 Å². The Kier molecular flexibility index (Phi) is 8.68. The molecule has 2 heterocycles. The van der Waals surface area contributed by atoms with E-state index in [1.54, 1.807) is 27.2 Å². The smallest absolute Gasteiger partial charge is 0.330 e. The maximum absolute atomic E-state index is 12.7. The zero-order valence-corrected chi connectivity index (χ0v) is 24.5. The van der Waals surface area contributed by atoms with E-state index in [4.69, 9.17) is 18.9 Å². The highest BCUT2D eigenvalue weighted by Crippen LogP contribution is 2.44. The molecule has 5 rings (SSSR count). The lowest BCUT2D eigenvalue weighted by Crippen LogP contribution is -2.44. The molecule has 0 spiro atoms. The molecule has 1 aliphatic rings. The highest BCUT2D eigenvalue weighted by atomic mass is 16.6. The van der Waals surface area contributed by atoms with Gasteiger partial charge in [0.2, 0.25) is 0 Å². The van der Waals surface area contributed by atoms with Crippen LogP contribution in [0.25, 0.3) is 0 Å². The van der Waals surface area contributed by atoms with Crippen molar-refractivity contribution in [1.29, 1.82) is 0 Å². The normalized spacial score (nSPS) is 20.1. The summed E-state index contributed by atoms with van der Waals surface area (Å²) < 4.78 is 25.5. The van der Waals surface area contributed by atoms with Crippen LogP contribution in [0.15, 0.2) is 107 Å². The predicted octanol–water partition coefficient (Wildman–Crippen LogP) is 4.47. The summed E-state index contributed by atoms with van der Waals surface area (Å²) in [5, 5.41) is 11.8. The van der Waals surface area contributed by atoms with Gasteiger partial charge in [0, 0.05) is 18.2 Å². The fourth-order valence-corrected chi connectivity index (χ4v) is 5.70. The second-order valence-corrected chi connectivity index (χ2v) is 10.7. The van der Waals surface area contributed by atoms with E-state index >= 15 is 0 Å². The lowest BCUT2D eigenvalue weighted by atomic mass is 9.79. The number of hydrogen-bond acceptors (Lipinski definition) is 7. The highest BCUT2D eigenvalue weighted by molar-refractivity contribution is 5.49. The van der Waals surface area contributed by atoms with Gasteiger partial charge in [-0.3, -0.25) is 14.3 Å². The molecule has 0 unspecified atom stereocenters. The number of methoxy groups -OCH3 is 2. The van der Waals surface area contributed by atoms with Crippen LogP contribution >= 0.6 is 0 Å². The van der Waals surface area contributed by atoms with Gasteiger partial charge in [-0.25, -0.2) is 4.79 Å². The molecule has 0 bridgehead atoms. The van der Waals surface area contributed by atoms with Crippen molar-refractivity contribution in [2.75, 3.05) is 20.8 Å². The zero-order valence-electron chi connectivity index (χ0n) is 24.5. The van der Waals surface area contributed by atoms with Gasteiger partial charge in [-0.15, -0.1) is 6.58 Å². The molecule has 9 heteroatoms. The van der Waals surface area contributed by atoms with Crippen LogP contribution in [0.4, 0.5) is 0 Å². The van der Waals surface area contributed by atoms with E-state index in [-0.39, 0.29) is 19.4 Å². The van der Waals surface area contributed by atoms with Crippen LogP contribution in [0.1, 0.15) is 41.3 Å². The molecule has 3 aromatic carbocycles. The Morgan fingerprint density at radius 2 is 1.53 bits per heavy atom.